The smallest absolute Gasteiger partial charge is 0.260 e. The molecule has 1 fully saturated rings. The van der Waals surface area contributed by atoms with Gasteiger partial charge >= 0.3 is 0 Å². The number of hydrogen-bond donors (Lipinski definition) is 1. The zero-order valence-corrected chi connectivity index (χ0v) is 12.0. The van der Waals surface area contributed by atoms with Crippen LogP contribution in [-0.2, 0) is 10.0 Å². The van der Waals surface area contributed by atoms with Gasteiger partial charge in [-0.25, -0.2) is 18.1 Å². The number of aromatic nitrogens is 2. The highest BCUT2D eigenvalue weighted by molar-refractivity contribution is 7.89. The quantitative estimate of drug-likeness (QED) is 0.945. The van der Waals surface area contributed by atoms with Gasteiger partial charge in [-0.05, 0) is 38.3 Å². The largest absolute Gasteiger partial charge is 0.288 e. The van der Waals surface area contributed by atoms with Gasteiger partial charge in [-0.2, -0.15) is 0 Å². The maximum absolute atomic E-state index is 12.5. The summed E-state index contributed by atoms with van der Waals surface area (Å²) in [6, 6.07) is 5.25. The fourth-order valence-corrected chi connectivity index (χ4v) is 4.48. The Morgan fingerprint density at radius 1 is 1.42 bits per heavy atom. The third kappa shape index (κ3) is 2.13. The lowest BCUT2D eigenvalue weighted by Gasteiger charge is -2.38. The Bertz CT molecular complexity index is 735. The summed E-state index contributed by atoms with van der Waals surface area (Å²) in [6.07, 6.45) is 4.38. The summed E-state index contributed by atoms with van der Waals surface area (Å²) in [7, 11) is -3.67. The molecular weight excluding hydrogens is 286 g/mol. The summed E-state index contributed by atoms with van der Waals surface area (Å²) in [5.74, 6) is 0. The van der Waals surface area contributed by atoms with E-state index in [4.69, 9.17) is 11.6 Å². The molecule has 3 rings (SSSR count). The van der Waals surface area contributed by atoms with Crippen molar-refractivity contribution >= 4 is 27.3 Å². The first-order valence-corrected chi connectivity index (χ1v) is 7.94. The average molecular weight is 300 g/mol. The number of sulfonamides is 1. The number of fused-ring (bicyclic) bond motifs is 1. The van der Waals surface area contributed by atoms with Crippen LogP contribution in [0.4, 0.5) is 0 Å². The van der Waals surface area contributed by atoms with Crippen LogP contribution >= 0.6 is 11.6 Å². The number of imidazole rings is 1. The Morgan fingerprint density at radius 3 is 2.79 bits per heavy atom. The highest BCUT2D eigenvalue weighted by Crippen LogP contribution is 2.33. The van der Waals surface area contributed by atoms with Crippen molar-refractivity contribution in [2.75, 3.05) is 0 Å². The van der Waals surface area contributed by atoms with E-state index < -0.39 is 10.0 Å². The lowest BCUT2D eigenvalue weighted by atomic mass is 9.80. The molecule has 2 aromatic rings. The third-order valence-corrected chi connectivity index (χ3v) is 5.58. The van der Waals surface area contributed by atoms with Gasteiger partial charge in [-0.3, -0.25) is 4.40 Å². The number of halogens is 1. The molecule has 2 heterocycles. The molecule has 0 amide bonds. The first-order valence-electron chi connectivity index (χ1n) is 6.08. The monoisotopic (exact) mass is 299 g/mol. The Kier molecular flexibility index (Phi) is 2.85. The minimum atomic E-state index is -3.67. The van der Waals surface area contributed by atoms with Crippen LogP contribution in [0.15, 0.2) is 29.4 Å². The average Bonchev–Trinajstić information content (AvgIpc) is 2.62. The van der Waals surface area contributed by atoms with Gasteiger partial charge in [-0.15, -0.1) is 0 Å². The van der Waals surface area contributed by atoms with Gasteiger partial charge in [0.05, 0.1) is 0 Å². The van der Waals surface area contributed by atoms with E-state index in [2.05, 4.69) is 9.71 Å². The van der Waals surface area contributed by atoms with Crippen LogP contribution in [0.1, 0.15) is 26.2 Å². The third-order valence-electron chi connectivity index (χ3n) is 3.54. The fourth-order valence-electron chi connectivity index (χ4n) is 2.37. The lowest BCUT2D eigenvalue weighted by molar-refractivity contribution is 0.247. The van der Waals surface area contributed by atoms with Crippen molar-refractivity contribution in [3.63, 3.8) is 0 Å². The fraction of sp³-hybridized carbons (Fsp3) is 0.417. The number of nitrogens with zero attached hydrogens (tertiary/aromatic N) is 2. The van der Waals surface area contributed by atoms with Crippen molar-refractivity contribution in [1.29, 1.82) is 0 Å². The molecule has 0 saturated heterocycles. The van der Waals surface area contributed by atoms with Gasteiger partial charge < -0.3 is 0 Å². The first kappa shape index (κ1) is 12.9. The molecule has 0 atom stereocenters. The Labute approximate surface area is 116 Å². The molecule has 1 saturated carbocycles. The van der Waals surface area contributed by atoms with Crippen LogP contribution < -0.4 is 4.72 Å². The van der Waals surface area contributed by atoms with Gasteiger partial charge in [0, 0.05) is 11.7 Å². The molecule has 0 radical (unpaired) electrons. The van der Waals surface area contributed by atoms with Gasteiger partial charge in [0.1, 0.15) is 5.65 Å². The molecule has 7 heteroatoms. The highest BCUT2D eigenvalue weighted by atomic mass is 35.5. The molecule has 0 aromatic carbocycles. The standard InChI is InChI=1S/C12H14ClN3O2S/c1-12(6-4-7-12)15-19(17,18)11-10(13)14-9-5-2-3-8-16(9)11/h2-3,5,8,15H,4,6-7H2,1H3. The van der Waals surface area contributed by atoms with E-state index >= 15 is 0 Å². The predicted molar refractivity (Wildman–Crippen MR) is 72.8 cm³/mol. The maximum atomic E-state index is 12.5. The molecule has 1 aliphatic rings. The Balaban J connectivity index is 2.10. The zero-order chi connectivity index (χ0) is 13.7. The topological polar surface area (TPSA) is 63.5 Å². The summed E-state index contributed by atoms with van der Waals surface area (Å²) < 4.78 is 29.2. The van der Waals surface area contributed by atoms with Crippen molar-refractivity contribution in [2.45, 2.75) is 36.8 Å². The molecule has 5 nitrogen and oxygen atoms in total. The van der Waals surface area contributed by atoms with Gasteiger partial charge in [-0.1, -0.05) is 17.7 Å². The van der Waals surface area contributed by atoms with Crippen LogP contribution in [0.2, 0.25) is 5.15 Å². The molecule has 0 bridgehead atoms. The second-order valence-corrected chi connectivity index (χ2v) is 7.11. The van der Waals surface area contributed by atoms with Crippen LogP contribution in [0.25, 0.3) is 5.65 Å². The Hall–Kier alpha value is -1.11. The summed E-state index contributed by atoms with van der Waals surface area (Å²) >= 11 is 5.99. The van der Waals surface area contributed by atoms with Crippen molar-refractivity contribution in [2.24, 2.45) is 0 Å². The summed E-state index contributed by atoms with van der Waals surface area (Å²) in [6.45, 7) is 1.91. The number of nitrogens with one attached hydrogen (secondary N) is 1. The summed E-state index contributed by atoms with van der Waals surface area (Å²) in [4.78, 5) is 4.06. The minimum Gasteiger partial charge on any atom is -0.288 e. The molecule has 0 spiro atoms. The van der Waals surface area contributed by atoms with Crippen LogP contribution in [0.3, 0.4) is 0 Å². The van der Waals surface area contributed by atoms with E-state index in [1.165, 1.54) is 4.40 Å². The van der Waals surface area contributed by atoms with Gasteiger partial charge in [0.25, 0.3) is 10.0 Å². The van der Waals surface area contributed by atoms with Crippen LogP contribution in [-0.4, -0.2) is 23.3 Å². The van der Waals surface area contributed by atoms with E-state index in [0.717, 1.165) is 19.3 Å². The minimum absolute atomic E-state index is 0.00150. The van der Waals surface area contributed by atoms with Crippen molar-refractivity contribution < 1.29 is 8.42 Å². The number of pyridine rings is 1. The van der Waals surface area contributed by atoms with E-state index in [1.54, 1.807) is 24.4 Å². The summed E-state index contributed by atoms with van der Waals surface area (Å²) in [5, 5.41) is 0.0134. The maximum Gasteiger partial charge on any atom is 0.260 e. The molecule has 2 aromatic heterocycles. The second kappa shape index (κ2) is 4.19. The first-order chi connectivity index (χ1) is 8.91. The highest BCUT2D eigenvalue weighted by Gasteiger charge is 2.38. The van der Waals surface area contributed by atoms with Crippen molar-refractivity contribution in [3.05, 3.63) is 29.5 Å². The zero-order valence-electron chi connectivity index (χ0n) is 10.4. The number of rotatable bonds is 3. The van der Waals surface area contributed by atoms with Crippen LogP contribution in [0, 0.1) is 0 Å². The van der Waals surface area contributed by atoms with Gasteiger partial charge in [0.15, 0.2) is 10.2 Å². The summed E-state index contributed by atoms with van der Waals surface area (Å²) in [5.41, 5.74) is 0.160. The molecular formula is C12H14ClN3O2S. The van der Waals surface area contributed by atoms with Crippen LogP contribution in [0.5, 0.6) is 0 Å². The number of hydrogen-bond acceptors (Lipinski definition) is 3. The molecule has 0 unspecified atom stereocenters. The Morgan fingerprint density at radius 2 is 2.16 bits per heavy atom. The molecule has 19 heavy (non-hydrogen) atoms. The lowest BCUT2D eigenvalue weighted by Crippen LogP contribution is -2.51. The molecule has 0 aliphatic heterocycles. The van der Waals surface area contributed by atoms with E-state index in [9.17, 15) is 8.42 Å². The van der Waals surface area contributed by atoms with Gasteiger partial charge in [0.2, 0.25) is 0 Å². The SMILES string of the molecule is CC1(NS(=O)(=O)c2c(Cl)nc3ccccn23)CCC1. The molecule has 1 N–H and O–H groups in total. The second-order valence-electron chi connectivity index (χ2n) is 5.16. The van der Waals surface area contributed by atoms with E-state index in [-0.39, 0.29) is 15.7 Å². The van der Waals surface area contributed by atoms with E-state index in [0.29, 0.717) is 5.65 Å². The molecule has 1 aliphatic carbocycles. The predicted octanol–water partition coefficient (Wildman–Crippen LogP) is 2.21. The molecule has 102 valence electrons. The van der Waals surface area contributed by atoms with E-state index in [1.807, 2.05) is 6.92 Å². The van der Waals surface area contributed by atoms with Crippen molar-refractivity contribution in [3.8, 4) is 0 Å². The van der Waals surface area contributed by atoms with Crippen molar-refractivity contribution in [1.82, 2.24) is 14.1 Å². The normalized spacial score (nSPS) is 18.4.